The van der Waals surface area contributed by atoms with E-state index in [4.69, 9.17) is 10.8 Å². The number of nitrogens with zero attached hydrogens (tertiary/aromatic N) is 1. The zero-order chi connectivity index (χ0) is 13.8. The van der Waals surface area contributed by atoms with Gasteiger partial charge < -0.3 is 15.5 Å². The van der Waals surface area contributed by atoms with Crippen LogP contribution in [0.1, 0.15) is 26.3 Å². The van der Waals surface area contributed by atoms with Crippen LogP contribution in [0.2, 0.25) is 0 Å². The maximum Gasteiger partial charge on any atom is 0.335 e. The maximum atomic E-state index is 11.1. The van der Waals surface area contributed by atoms with Crippen LogP contribution in [0, 0.1) is 0 Å². The lowest BCUT2D eigenvalue weighted by atomic mass is 10.1. The number of primary amides is 1. The van der Waals surface area contributed by atoms with E-state index in [-0.39, 0.29) is 10.3 Å². The molecule has 0 atom stereocenters. The molecular weight excluding hydrogens is 263 g/mol. The number of hydrogen-bond donors (Lipinski definition) is 2. The van der Waals surface area contributed by atoms with Crippen LogP contribution in [-0.4, -0.2) is 17.0 Å². The normalized spacial score (nSPS) is 9.60. The first-order valence-corrected chi connectivity index (χ1v) is 5.67. The Morgan fingerprint density at radius 2 is 1.75 bits per heavy atom. The van der Waals surface area contributed by atoms with Gasteiger partial charge in [-0.25, -0.2) is 4.79 Å². The van der Waals surface area contributed by atoms with Gasteiger partial charge in [0.1, 0.15) is 5.56 Å². The molecule has 0 radical (unpaired) electrons. The summed E-state index contributed by atoms with van der Waals surface area (Å²) < 4.78 is 1.82. The summed E-state index contributed by atoms with van der Waals surface area (Å²) in [6.45, 7) is 0.543. The minimum Gasteiger partial charge on any atom is -1.00 e. The molecule has 1 amide bonds. The minimum atomic E-state index is -0.949. The van der Waals surface area contributed by atoms with Crippen molar-refractivity contribution in [2.45, 2.75) is 6.54 Å². The van der Waals surface area contributed by atoms with E-state index in [0.717, 1.165) is 5.56 Å². The van der Waals surface area contributed by atoms with Gasteiger partial charge in [0, 0.05) is 11.6 Å². The van der Waals surface area contributed by atoms with Gasteiger partial charge in [-0.3, -0.25) is 4.79 Å². The van der Waals surface area contributed by atoms with Gasteiger partial charge in [0.05, 0.1) is 5.56 Å². The van der Waals surface area contributed by atoms with Crippen LogP contribution < -0.4 is 15.0 Å². The summed E-state index contributed by atoms with van der Waals surface area (Å²) in [5, 5.41) is 8.81. The molecule has 2 aromatic rings. The van der Waals surface area contributed by atoms with Gasteiger partial charge in [0.25, 0.3) is 5.91 Å². The van der Waals surface area contributed by atoms with Crippen molar-refractivity contribution in [2.75, 3.05) is 0 Å². The van der Waals surface area contributed by atoms with E-state index in [2.05, 4.69) is 0 Å². The van der Waals surface area contributed by atoms with E-state index in [0.29, 0.717) is 12.1 Å². The van der Waals surface area contributed by atoms with Gasteiger partial charge in [0.2, 0.25) is 0 Å². The number of pyridine rings is 1. The van der Waals surface area contributed by atoms with Gasteiger partial charge in [-0.05, 0) is 18.2 Å². The Labute approximate surface area is 114 Å². The second-order valence-corrected chi connectivity index (χ2v) is 4.13. The molecule has 6 heteroatoms. The van der Waals surface area contributed by atoms with Crippen molar-refractivity contribution >= 4 is 11.9 Å². The molecule has 2 rings (SSSR count). The average Bonchev–Trinajstić information content (AvgIpc) is 2.39. The molecule has 20 heavy (non-hydrogen) atoms. The smallest absolute Gasteiger partial charge is 0.335 e. The maximum absolute atomic E-state index is 11.1. The molecule has 0 unspecified atom stereocenters. The van der Waals surface area contributed by atoms with Crippen molar-refractivity contribution in [1.29, 1.82) is 0 Å². The summed E-state index contributed by atoms with van der Waals surface area (Å²) in [6.07, 6.45) is 3.48. The van der Waals surface area contributed by atoms with Gasteiger partial charge in [-0.1, -0.05) is 12.1 Å². The van der Waals surface area contributed by atoms with Crippen LogP contribution in [0.15, 0.2) is 48.8 Å². The third kappa shape index (κ3) is 3.61. The zero-order valence-electron chi connectivity index (χ0n) is 10.5. The van der Waals surface area contributed by atoms with Crippen LogP contribution in [0.3, 0.4) is 0 Å². The molecule has 1 aromatic heterocycles. The Morgan fingerprint density at radius 3 is 2.30 bits per heavy atom. The van der Waals surface area contributed by atoms with Crippen molar-refractivity contribution in [3.63, 3.8) is 0 Å². The SMILES string of the molecule is NC(=O)c1ccc[n+](Cc2ccc(C(=O)O)cc2)c1.[F-]. The number of carboxylic acid groups (broad SMARTS) is 1. The summed E-state index contributed by atoms with van der Waals surface area (Å²) in [6, 6.07) is 9.98. The Kier molecular flexibility index (Phi) is 4.91. The number of carbonyl (C=O) groups excluding carboxylic acids is 1. The molecular formula is C14H13FN2O3. The Balaban J connectivity index is 0.00000200. The van der Waals surface area contributed by atoms with Crippen molar-refractivity contribution < 1.29 is 24.0 Å². The minimum absolute atomic E-state index is 0. The van der Waals surface area contributed by atoms with Crippen molar-refractivity contribution in [3.8, 4) is 0 Å². The van der Waals surface area contributed by atoms with Crippen molar-refractivity contribution in [3.05, 3.63) is 65.5 Å². The largest absolute Gasteiger partial charge is 1.00 e. The number of hydrogen-bond acceptors (Lipinski definition) is 2. The number of aromatic carboxylic acids is 1. The predicted octanol–water partition coefficient (Wildman–Crippen LogP) is -2.18. The van der Waals surface area contributed by atoms with Crippen molar-refractivity contribution in [2.24, 2.45) is 5.73 Å². The van der Waals surface area contributed by atoms with E-state index in [1.165, 1.54) is 0 Å². The number of carbonyl (C=O) groups is 2. The molecule has 1 heterocycles. The Bertz CT molecular complexity index is 627. The topological polar surface area (TPSA) is 84.3 Å². The molecule has 0 spiro atoms. The fourth-order valence-electron chi connectivity index (χ4n) is 1.73. The number of aromatic nitrogens is 1. The molecule has 0 aliphatic heterocycles. The summed E-state index contributed by atoms with van der Waals surface area (Å²) in [7, 11) is 0. The number of carboxylic acids is 1. The van der Waals surface area contributed by atoms with Crippen LogP contribution in [0.4, 0.5) is 0 Å². The molecule has 0 aliphatic carbocycles. The number of amides is 1. The lowest BCUT2D eigenvalue weighted by Crippen LogP contribution is -3.00. The van der Waals surface area contributed by atoms with E-state index < -0.39 is 11.9 Å². The van der Waals surface area contributed by atoms with Gasteiger partial charge in [-0.2, -0.15) is 4.57 Å². The second kappa shape index (κ2) is 6.42. The first-order chi connectivity index (χ1) is 9.06. The highest BCUT2D eigenvalue weighted by Gasteiger charge is 2.08. The van der Waals surface area contributed by atoms with Gasteiger partial charge in [-0.15, -0.1) is 0 Å². The predicted molar refractivity (Wildman–Crippen MR) is 67.7 cm³/mol. The molecule has 0 saturated heterocycles. The highest BCUT2D eigenvalue weighted by Crippen LogP contribution is 2.04. The first-order valence-electron chi connectivity index (χ1n) is 5.67. The lowest BCUT2D eigenvalue weighted by Gasteiger charge is -2.00. The molecule has 0 fully saturated rings. The monoisotopic (exact) mass is 276 g/mol. The van der Waals surface area contributed by atoms with Crippen LogP contribution >= 0.6 is 0 Å². The molecule has 1 aromatic carbocycles. The van der Waals surface area contributed by atoms with Crippen LogP contribution in [0.5, 0.6) is 0 Å². The number of benzene rings is 1. The molecule has 0 saturated carbocycles. The summed E-state index contributed by atoms with van der Waals surface area (Å²) in [5.74, 6) is -1.43. The Hall–Kier alpha value is -2.76. The molecule has 0 bridgehead atoms. The van der Waals surface area contributed by atoms with Crippen LogP contribution in [-0.2, 0) is 6.54 Å². The molecule has 104 valence electrons. The fourth-order valence-corrected chi connectivity index (χ4v) is 1.73. The zero-order valence-corrected chi connectivity index (χ0v) is 10.5. The Morgan fingerprint density at radius 1 is 1.10 bits per heavy atom. The summed E-state index contributed by atoms with van der Waals surface area (Å²) in [5.41, 5.74) is 6.84. The van der Waals surface area contributed by atoms with E-state index in [9.17, 15) is 9.59 Å². The highest BCUT2D eigenvalue weighted by molar-refractivity contribution is 5.92. The number of nitrogens with two attached hydrogens (primary N) is 1. The van der Waals surface area contributed by atoms with Crippen molar-refractivity contribution in [1.82, 2.24) is 0 Å². The third-order valence-corrected chi connectivity index (χ3v) is 2.71. The lowest BCUT2D eigenvalue weighted by molar-refractivity contribution is -0.688. The number of halogens is 1. The summed E-state index contributed by atoms with van der Waals surface area (Å²) >= 11 is 0. The van der Waals surface area contributed by atoms with Gasteiger partial charge in [0.15, 0.2) is 18.9 Å². The fraction of sp³-hybridized carbons (Fsp3) is 0.0714. The number of rotatable bonds is 4. The second-order valence-electron chi connectivity index (χ2n) is 4.13. The van der Waals surface area contributed by atoms with E-state index in [1.807, 2.05) is 10.8 Å². The molecule has 3 N–H and O–H groups in total. The first kappa shape index (κ1) is 15.3. The van der Waals surface area contributed by atoms with Crippen LogP contribution in [0.25, 0.3) is 0 Å². The highest BCUT2D eigenvalue weighted by atomic mass is 19.0. The van der Waals surface area contributed by atoms with Gasteiger partial charge >= 0.3 is 5.97 Å². The van der Waals surface area contributed by atoms with E-state index >= 15 is 0 Å². The quantitative estimate of drug-likeness (QED) is 0.623. The standard InChI is InChI=1S/C14H12N2O3.FH/c15-13(17)12-2-1-7-16(9-12)8-10-3-5-11(6-4-10)14(18)19;/h1-7,9H,8H2,(H2-,15,17,18,19);1H. The van der Waals surface area contributed by atoms with E-state index in [1.54, 1.807) is 42.6 Å². The molecule has 0 aliphatic rings. The molecule has 5 nitrogen and oxygen atoms in total. The summed E-state index contributed by atoms with van der Waals surface area (Å²) in [4.78, 5) is 21.8. The average molecular weight is 276 g/mol. The third-order valence-electron chi connectivity index (χ3n) is 2.71.